The van der Waals surface area contributed by atoms with Crippen LogP contribution in [0.5, 0.6) is 0 Å². The van der Waals surface area contributed by atoms with Gasteiger partial charge in [0.05, 0.1) is 20.3 Å². The largest absolute Gasteiger partial charge is 0.451 e. The lowest BCUT2D eigenvalue weighted by molar-refractivity contribution is 0.0951. The molecule has 2 heterocycles. The summed E-state index contributed by atoms with van der Waals surface area (Å²) in [5, 5.41) is 6.98. The number of para-hydroxylation sites is 1. The minimum atomic E-state index is -0.483. The van der Waals surface area contributed by atoms with E-state index in [1.165, 1.54) is 11.3 Å². The normalized spacial score (nSPS) is 10.8. The molecular weight excluding hydrogens is 437 g/mol. The number of amides is 1. The topological polar surface area (TPSA) is 67.2 Å². The number of carbonyl (C=O) groups is 1. The van der Waals surface area contributed by atoms with Crippen LogP contribution in [0.3, 0.4) is 0 Å². The molecule has 0 atom stereocenters. The number of halogens is 2. The maximum Gasteiger partial charge on any atom is 0.293 e. The van der Waals surface area contributed by atoms with E-state index in [0.29, 0.717) is 26.5 Å². The van der Waals surface area contributed by atoms with Crippen molar-refractivity contribution in [2.45, 2.75) is 0 Å². The van der Waals surface area contributed by atoms with Crippen LogP contribution in [0, 0.1) is 0 Å². The number of benzene rings is 2. The molecule has 0 aliphatic rings. The molecule has 0 fully saturated rings. The lowest BCUT2D eigenvalue weighted by Crippen LogP contribution is -2.33. The molecule has 2 N–H and O–H groups in total. The third-order valence-electron chi connectivity index (χ3n) is 3.79. The number of hydrogen-bond acceptors (Lipinski definition) is 5. The molecule has 140 valence electrons. The number of nitrogens with zero attached hydrogens (tertiary/aromatic N) is 1. The SMILES string of the molecule is O=C(NC(=S)Nc1nc2ccccc2s1)c1ccc(-c2cccc(Cl)c2Cl)o1. The average Bonchev–Trinajstić information content (AvgIpc) is 3.30. The van der Waals surface area contributed by atoms with Crippen molar-refractivity contribution in [1.29, 1.82) is 0 Å². The molecule has 0 bridgehead atoms. The van der Waals surface area contributed by atoms with Crippen LogP contribution in [0.15, 0.2) is 59.0 Å². The molecule has 2 aromatic heterocycles. The lowest BCUT2D eigenvalue weighted by atomic mass is 10.2. The molecule has 0 aliphatic carbocycles. The predicted molar refractivity (Wildman–Crippen MR) is 117 cm³/mol. The Morgan fingerprint density at radius 1 is 1.07 bits per heavy atom. The average molecular weight is 448 g/mol. The highest BCUT2D eigenvalue weighted by Gasteiger charge is 2.16. The zero-order valence-electron chi connectivity index (χ0n) is 14.0. The van der Waals surface area contributed by atoms with E-state index in [2.05, 4.69) is 15.6 Å². The number of thiazole rings is 1. The van der Waals surface area contributed by atoms with Crippen LogP contribution in [0.1, 0.15) is 10.6 Å². The van der Waals surface area contributed by atoms with Gasteiger partial charge in [-0.15, -0.1) is 0 Å². The lowest BCUT2D eigenvalue weighted by Gasteiger charge is -2.05. The highest BCUT2D eigenvalue weighted by atomic mass is 35.5. The Hall–Kier alpha value is -2.45. The van der Waals surface area contributed by atoms with E-state index in [0.717, 1.165) is 10.2 Å². The summed E-state index contributed by atoms with van der Waals surface area (Å²) in [5.41, 5.74) is 1.46. The van der Waals surface area contributed by atoms with E-state index in [1.807, 2.05) is 24.3 Å². The van der Waals surface area contributed by atoms with Crippen LogP contribution in [0.2, 0.25) is 10.0 Å². The van der Waals surface area contributed by atoms with Crippen molar-refractivity contribution in [3.05, 3.63) is 70.4 Å². The first kappa shape index (κ1) is 18.9. The number of nitrogens with one attached hydrogen (secondary N) is 2. The molecular formula is C19H11Cl2N3O2S2. The van der Waals surface area contributed by atoms with E-state index in [1.54, 1.807) is 30.3 Å². The first-order chi connectivity index (χ1) is 13.5. The smallest absolute Gasteiger partial charge is 0.293 e. The molecule has 5 nitrogen and oxygen atoms in total. The Bertz CT molecular complexity index is 1170. The number of rotatable bonds is 3. The second-order valence-corrected chi connectivity index (χ2v) is 7.88. The fourth-order valence-electron chi connectivity index (χ4n) is 2.52. The first-order valence-corrected chi connectivity index (χ1v) is 10.0. The van der Waals surface area contributed by atoms with Crippen molar-refractivity contribution in [2.75, 3.05) is 5.32 Å². The molecule has 28 heavy (non-hydrogen) atoms. The van der Waals surface area contributed by atoms with Crippen molar-refractivity contribution in [3.8, 4) is 11.3 Å². The fraction of sp³-hybridized carbons (Fsp3) is 0. The van der Waals surface area contributed by atoms with E-state index in [4.69, 9.17) is 39.8 Å². The Labute approximate surface area is 179 Å². The molecule has 0 saturated heterocycles. The van der Waals surface area contributed by atoms with Gasteiger partial charge in [-0.3, -0.25) is 10.1 Å². The summed E-state index contributed by atoms with van der Waals surface area (Å²) in [5.74, 6) is 0.0465. The number of aromatic nitrogens is 1. The summed E-state index contributed by atoms with van der Waals surface area (Å²) in [4.78, 5) is 16.8. The minimum absolute atomic E-state index is 0.0968. The van der Waals surface area contributed by atoms with E-state index in [-0.39, 0.29) is 10.9 Å². The predicted octanol–water partition coefficient (Wildman–Crippen LogP) is 5.99. The van der Waals surface area contributed by atoms with Crippen LogP contribution >= 0.6 is 46.8 Å². The van der Waals surface area contributed by atoms with Gasteiger partial charge in [0, 0.05) is 5.56 Å². The first-order valence-electron chi connectivity index (χ1n) is 8.03. The minimum Gasteiger partial charge on any atom is -0.451 e. The summed E-state index contributed by atoms with van der Waals surface area (Å²) in [6.07, 6.45) is 0. The summed E-state index contributed by atoms with van der Waals surface area (Å²) < 4.78 is 6.63. The maximum absolute atomic E-state index is 12.4. The molecule has 0 unspecified atom stereocenters. The van der Waals surface area contributed by atoms with E-state index in [9.17, 15) is 4.79 Å². The number of fused-ring (bicyclic) bond motifs is 1. The molecule has 4 aromatic rings. The Morgan fingerprint density at radius 2 is 1.89 bits per heavy atom. The zero-order chi connectivity index (χ0) is 19.7. The standard InChI is InChI=1S/C19H11Cl2N3O2S2/c20-11-5-3-4-10(16(11)21)13-8-9-14(26-13)17(25)23-18(27)24-19-22-12-6-1-2-7-15(12)28-19/h1-9H,(H2,22,23,24,25,27). The third kappa shape index (κ3) is 3.88. The molecule has 0 radical (unpaired) electrons. The number of thiocarbonyl (C=S) groups is 1. The van der Waals surface area contributed by atoms with Crippen LogP contribution < -0.4 is 10.6 Å². The quantitative estimate of drug-likeness (QED) is 0.377. The van der Waals surface area contributed by atoms with Crippen LogP contribution in [-0.2, 0) is 0 Å². The van der Waals surface area contributed by atoms with E-state index < -0.39 is 5.91 Å². The van der Waals surface area contributed by atoms with Crippen LogP contribution in [0.4, 0.5) is 5.13 Å². The van der Waals surface area contributed by atoms with Gasteiger partial charge in [0.15, 0.2) is 16.0 Å². The van der Waals surface area contributed by atoms with Crippen molar-refractivity contribution >= 4 is 73.1 Å². The van der Waals surface area contributed by atoms with Gasteiger partial charge >= 0.3 is 0 Å². The van der Waals surface area contributed by atoms with Gasteiger partial charge in [0.25, 0.3) is 5.91 Å². The number of hydrogen-bond donors (Lipinski definition) is 2. The van der Waals surface area contributed by atoms with Crippen LogP contribution in [0.25, 0.3) is 21.5 Å². The molecule has 0 saturated carbocycles. The Balaban J connectivity index is 1.45. The second-order valence-electron chi connectivity index (χ2n) is 5.66. The van der Waals surface area contributed by atoms with Gasteiger partial charge in [0.1, 0.15) is 5.76 Å². The van der Waals surface area contributed by atoms with Crippen molar-refractivity contribution in [3.63, 3.8) is 0 Å². The second kappa shape index (κ2) is 7.89. The van der Waals surface area contributed by atoms with Gasteiger partial charge in [-0.2, -0.15) is 0 Å². The number of anilines is 1. The van der Waals surface area contributed by atoms with Gasteiger partial charge in [-0.25, -0.2) is 4.98 Å². The maximum atomic E-state index is 12.4. The fourth-order valence-corrected chi connectivity index (χ4v) is 4.04. The summed E-state index contributed by atoms with van der Waals surface area (Å²) >= 11 is 18.9. The Morgan fingerprint density at radius 3 is 2.71 bits per heavy atom. The van der Waals surface area contributed by atoms with Gasteiger partial charge in [-0.05, 0) is 48.6 Å². The molecule has 2 aromatic carbocycles. The van der Waals surface area contributed by atoms with Gasteiger partial charge in [0.2, 0.25) is 0 Å². The molecule has 4 rings (SSSR count). The Kier molecular flexibility index (Phi) is 5.32. The summed E-state index contributed by atoms with van der Waals surface area (Å²) in [7, 11) is 0. The molecule has 9 heteroatoms. The summed E-state index contributed by atoms with van der Waals surface area (Å²) in [6.45, 7) is 0. The van der Waals surface area contributed by atoms with Crippen molar-refractivity contribution in [1.82, 2.24) is 10.3 Å². The molecule has 1 amide bonds. The number of furan rings is 1. The van der Waals surface area contributed by atoms with Crippen molar-refractivity contribution in [2.24, 2.45) is 0 Å². The number of carbonyl (C=O) groups excluding carboxylic acids is 1. The highest BCUT2D eigenvalue weighted by molar-refractivity contribution is 7.80. The molecule has 0 spiro atoms. The van der Waals surface area contributed by atoms with Gasteiger partial charge < -0.3 is 9.73 Å². The monoisotopic (exact) mass is 447 g/mol. The van der Waals surface area contributed by atoms with Crippen LogP contribution in [-0.4, -0.2) is 16.0 Å². The van der Waals surface area contributed by atoms with Crippen molar-refractivity contribution < 1.29 is 9.21 Å². The highest BCUT2D eigenvalue weighted by Crippen LogP contribution is 2.34. The van der Waals surface area contributed by atoms with Gasteiger partial charge in [-0.1, -0.05) is 52.7 Å². The zero-order valence-corrected chi connectivity index (χ0v) is 17.2. The summed E-state index contributed by atoms with van der Waals surface area (Å²) in [6, 6.07) is 16.1. The molecule has 0 aliphatic heterocycles. The third-order valence-corrected chi connectivity index (χ3v) is 5.76. The van der Waals surface area contributed by atoms with E-state index >= 15 is 0 Å².